The summed E-state index contributed by atoms with van der Waals surface area (Å²) < 4.78 is 7.61. The van der Waals surface area contributed by atoms with E-state index in [2.05, 4.69) is 28.1 Å². The van der Waals surface area contributed by atoms with Crippen LogP contribution in [-0.4, -0.2) is 19.7 Å². The number of hydrogen-bond donors (Lipinski definition) is 0. The van der Waals surface area contributed by atoms with Gasteiger partial charge in [0.15, 0.2) is 5.65 Å². The van der Waals surface area contributed by atoms with Crippen molar-refractivity contribution in [1.29, 1.82) is 0 Å². The number of benzene rings is 1. The predicted molar refractivity (Wildman–Crippen MR) is 72.3 cm³/mol. The van der Waals surface area contributed by atoms with Gasteiger partial charge in [0, 0.05) is 7.05 Å². The van der Waals surface area contributed by atoms with E-state index >= 15 is 0 Å². The normalized spacial score (nSPS) is 10.9. The maximum atomic E-state index is 5.91. The molecule has 3 rings (SSSR count). The van der Waals surface area contributed by atoms with Gasteiger partial charge in [-0.2, -0.15) is 5.10 Å². The van der Waals surface area contributed by atoms with Crippen LogP contribution in [0.2, 0.25) is 0 Å². The molecule has 5 heteroatoms. The molecule has 0 spiro atoms. The first-order chi connectivity index (χ1) is 9.16. The second-order valence-corrected chi connectivity index (χ2v) is 4.48. The lowest BCUT2D eigenvalue weighted by Gasteiger charge is -2.09. The van der Waals surface area contributed by atoms with Crippen molar-refractivity contribution in [3.63, 3.8) is 0 Å². The van der Waals surface area contributed by atoms with E-state index in [9.17, 15) is 0 Å². The van der Waals surface area contributed by atoms with Crippen molar-refractivity contribution in [2.75, 3.05) is 0 Å². The van der Waals surface area contributed by atoms with Crippen molar-refractivity contribution in [1.82, 2.24) is 19.7 Å². The summed E-state index contributed by atoms with van der Waals surface area (Å²) in [5.41, 5.74) is 3.06. The molecule has 3 aromatic rings. The molecule has 0 amide bonds. The van der Waals surface area contributed by atoms with Gasteiger partial charge < -0.3 is 4.74 Å². The van der Waals surface area contributed by atoms with Crippen LogP contribution in [0.3, 0.4) is 0 Å². The van der Waals surface area contributed by atoms with E-state index in [1.165, 1.54) is 11.9 Å². The fourth-order valence-corrected chi connectivity index (χ4v) is 1.96. The largest absolute Gasteiger partial charge is 0.438 e. The summed E-state index contributed by atoms with van der Waals surface area (Å²) in [4.78, 5) is 8.39. The zero-order valence-corrected chi connectivity index (χ0v) is 11.1. The third-order valence-corrected chi connectivity index (χ3v) is 3.25. The van der Waals surface area contributed by atoms with Gasteiger partial charge in [0.25, 0.3) is 0 Å². The number of ether oxygens (including phenoxy) is 1. The molecule has 2 aromatic heterocycles. The molecule has 0 aliphatic carbocycles. The summed E-state index contributed by atoms with van der Waals surface area (Å²) in [6.07, 6.45) is 3.21. The number of rotatable bonds is 2. The first-order valence-corrected chi connectivity index (χ1v) is 6.03. The van der Waals surface area contributed by atoms with Crippen molar-refractivity contribution in [3.8, 4) is 11.6 Å². The molecule has 0 atom stereocenters. The van der Waals surface area contributed by atoms with Crippen LogP contribution in [0, 0.1) is 13.8 Å². The average Bonchev–Trinajstić information content (AvgIpc) is 2.78. The minimum atomic E-state index is 0.534. The average molecular weight is 254 g/mol. The number of hydrogen-bond acceptors (Lipinski definition) is 4. The van der Waals surface area contributed by atoms with Crippen LogP contribution in [-0.2, 0) is 7.05 Å². The van der Waals surface area contributed by atoms with E-state index in [0.29, 0.717) is 5.88 Å². The summed E-state index contributed by atoms with van der Waals surface area (Å²) in [5, 5.41) is 4.98. The Bertz CT molecular complexity index is 748. The minimum absolute atomic E-state index is 0.534. The highest BCUT2D eigenvalue weighted by atomic mass is 16.5. The van der Waals surface area contributed by atoms with Crippen LogP contribution in [0.15, 0.2) is 30.7 Å². The molecule has 0 unspecified atom stereocenters. The molecule has 0 aliphatic heterocycles. The number of aryl methyl sites for hydroxylation is 2. The fourth-order valence-electron chi connectivity index (χ4n) is 1.96. The standard InChI is InChI=1S/C14H14N4O/c1-9-5-4-6-12(10(9)2)19-14-11-7-17-18(3)13(11)15-8-16-14/h4-8H,1-3H3. The molecule has 0 aliphatic rings. The Morgan fingerprint density at radius 3 is 2.84 bits per heavy atom. The molecule has 0 bridgehead atoms. The zero-order valence-electron chi connectivity index (χ0n) is 11.1. The Balaban J connectivity index is 2.08. The van der Waals surface area contributed by atoms with E-state index in [4.69, 9.17) is 4.74 Å². The van der Waals surface area contributed by atoms with Gasteiger partial charge in [-0.25, -0.2) is 9.97 Å². The second kappa shape index (κ2) is 4.35. The maximum Gasteiger partial charge on any atom is 0.233 e. The maximum absolute atomic E-state index is 5.91. The lowest BCUT2D eigenvalue weighted by Crippen LogP contribution is -1.95. The highest BCUT2D eigenvalue weighted by molar-refractivity contribution is 5.79. The first-order valence-electron chi connectivity index (χ1n) is 6.03. The second-order valence-electron chi connectivity index (χ2n) is 4.48. The minimum Gasteiger partial charge on any atom is -0.438 e. The Morgan fingerprint density at radius 1 is 1.16 bits per heavy atom. The van der Waals surface area contributed by atoms with Crippen LogP contribution in [0.1, 0.15) is 11.1 Å². The summed E-state index contributed by atoms with van der Waals surface area (Å²) in [6, 6.07) is 5.97. The smallest absolute Gasteiger partial charge is 0.233 e. The molecule has 5 nitrogen and oxygen atoms in total. The van der Waals surface area contributed by atoms with Crippen LogP contribution in [0.25, 0.3) is 11.0 Å². The van der Waals surface area contributed by atoms with E-state index in [0.717, 1.165) is 22.3 Å². The fraction of sp³-hybridized carbons (Fsp3) is 0.214. The summed E-state index contributed by atoms with van der Waals surface area (Å²) >= 11 is 0. The summed E-state index contributed by atoms with van der Waals surface area (Å²) in [6.45, 7) is 4.09. The quantitative estimate of drug-likeness (QED) is 0.705. The molecule has 1 aromatic carbocycles. The number of fused-ring (bicyclic) bond motifs is 1. The third kappa shape index (κ3) is 1.93. The molecule has 2 heterocycles. The molecule has 0 N–H and O–H groups in total. The van der Waals surface area contributed by atoms with Gasteiger partial charge in [0.1, 0.15) is 17.5 Å². The lowest BCUT2D eigenvalue weighted by molar-refractivity contribution is 0.464. The molecular formula is C14H14N4O. The highest BCUT2D eigenvalue weighted by Gasteiger charge is 2.11. The monoisotopic (exact) mass is 254 g/mol. The van der Waals surface area contributed by atoms with Crippen molar-refractivity contribution < 1.29 is 4.74 Å². The lowest BCUT2D eigenvalue weighted by atomic mass is 10.1. The van der Waals surface area contributed by atoms with Crippen molar-refractivity contribution in [3.05, 3.63) is 41.9 Å². The summed E-state index contributed by atoms with van der Waals surface area (Å²) in [5.74, 6) is 1.34. The Kier molecular flexibility index (Phi) is 2.67. The van der Waals surface area contributed by atoms with E-state index < -0.39 is 0 Å². The molecule has 0 saturated heterocycles. The SMILES string of the molecule is Cc1cccc(Oc2ncnc3c2cnn3C)c1C. The predicted octanol–water partition coefficient (Wildman–Crippen LogP) is 2.77. The van der Waals surface area contributed by atoms with Crippen LogP contribution >= 0.6 is 0 Å². The Morgan fingerprint density at radius 2 is 2.00 bits per heavy atom. The van der Waals surface area contributed by atoms with Gasteiger partial charge in [-0.15, -0.1) is 0 Å². The molecular weight excluding hydrogens is 240 g/mol. The molecule has 96 valence electrons. The van der Waals surface area contributed by atoms with E-state index in [-0.39, 0.29) is 0 Å². The Labute approximate surface area is 110 Å². The molecule has 0 fully saturated rings. The van der Waals surface area contributed by atoms with Crippen molar-refractivity contribution in [2.45, 2.75) is 13.8 Å². The molecule has 0 radical (unpaired) electrons. The molecule has 0 saturated carbocycles. The van der Waals surface area contributed by atoms with Crippen molar-refractivity contribution >= 4 is 11.0 Å². The summed E-state index contributed by atoms with van der Waals surface area (Å²) in [7, 11) is 1.84. The topological polar surface area (TPSA) is 52.8 Å². The van der Waals surface area contributed by atoms with Gasteiger partial charge >= 0.3 is 0 Å². The van der Waals surface area contributed by atoms with Crippen LogP contribution in [0.4, 0.5) is 0 Å². The van der Waals surface area contributed by atoms with Crippen LogP contribution in [0.5, 0.6) is 11.6 Å². The van der Waals surface area contributed by atoms with Gasteiger partial charge in [0.05, 0.1) is 6.20 Å². The van der Waals surface area contributed by atoms with Crippen LogP contribution < -0.4 is 4.74 Å². The van der Waals surface area contributed by atoms with Crippen molar-refractivity contribution in [2.24, 2.45) is 7.05 Å². The van der Waals surface area contributed by atoms with E-state index in [1.807, 2.05) is 26.1 Å². The number of nitrogens with zero attached hydrogens (tertiary/aromatic N) is 4. The van der Waals surface area contributed by atoms with E-state index in [1.54, 1.807) is 10.9 Å². The zero-order chi connectivity index (χ0) is 13.4. The van der Waals surface area contributed by atoms with Gasteiger partial charge in [-0.3, -0.25) is 4.68 Å². The number of aromatic nitrogens is 4. The van der Waals surface area contributed by atoms with Gasteiger partial charge in [-0.1, -0.05) is 12.1 Å². The first kappa shape index (κ1) is 11.6. The molecule has 19 heavy (non-hydrogen) atoms. The Hall–Kier alpha value is -2.43. The van der Waals surface area contributed by atoms with Gasteiger partial charge in [0.2, 0.25) is 5.88 Å². The van der Waals surface area contributed by atoms with Gasteiger partial charge in [-0.05, 0) is 31.0 Å². The highest BCUT2D eigenvalue weighted by Crippen LogP contribution is 2.29. The third-order valence-electron chi connectivity index (χ3n) is 3.25.